The van der Waals surface area contributed by atoms with E-state index in [4.69, 9.17) is 9.47 Å². The highest BCUT2D eigenvalue weighted by Gasteiger charge is 2.30. The lowest BCUT2D eigenvalue weighted by Gasteiger charge is -2.28. The van der Waals surface area contributed by atoms with Crippen molar-refractivity contribution in [3.05, 3.63) is 116 Å². The van der Waals surface area contributed by atoms with Crippen LogP contribution in [0.15, 0.2) is 116 Å². The van der Waals surface area contributed by atoms with Gasteiger partial charge in [-0.1, -0.05) is 43.5 Å². The minimum absolute atomic E-state index is 0.144. The van der Waals surface area contributed by atoms with E-state index in [0.717, 1.165) is 15.5 Å². The molecule has 204 valence electrons. The number of nitrogens with zero attached hydrogens (tertiary/aromatic N) is 3. The van der Waals surface area contributed by atoms with Crippen LogP contribution in [0.4, 0.5) is 28.4 Å². The predicted molar refractivity (Wildman–Crippen MR) is 156 cm³/mol. The van der Waals surface area contributed by atoms with E-state index in [1.165, 1.54) is 24.3 Å². The number of amides is 4. The van der Waals surface area contributed by atoms with Crippen molar-refractivity contribution < 1.29 is 28.7 Å². The van der Waals surface area contributed by atoms with Crippen molar-refractivity contribution in [3.8, 4) is 11.5 Å². The molecule has 0 spiro atoms. The maximum atomic E-state index is 12.4. The van der Waals surface area contributed by atoms with Crippen LogP contribution in [0.3, 0.4) is 0 Å². The minimum atomic E-state index is -0.466. The molecule has 3 aromatic rings. The highest BCUT2D eigenvalue weighted by Crippen LogP contribution is 2.43. The molecule has 3 aromatic carbocycles. The highest BCUT2D eigenvalue weighted by atomic mass is 16.5. The molecule has 4 amide bonds. The highest BCUT2D eigenvalue weighted by molar-refractivity contribution is 6.29. The number of hydrogen-bond donors (Lipinski definition) is 0. The third kappa shape index (κ3) is 5.28. The number of ether oxygens (including phenoxy) is 2. The van der Waals surface area contributed by atoms with Gasteiger partial charge in [0.1, 0.15) is 24.7 Å². The van der Waals surface area contributed by atoms with Gasteiger partial charge in [-0.2, -0.15) is 0 Å². The topological polar surface area (TPSA) is 96.5 Å². The molecule has 0 fully saturated rings. The molecule has 2 aliphatic heterocycles. The Hall–Kier alpha value is -5.70. The van der Waals surface area contributed by atoms with E-state index in [2.05, 4.69) is 13.2 Å². The first-order chi connectivity index (χ1) is 19.9. The number of carbonyl (C=O) groups is 4. The summed E-state index contributed by atoms with van der Waals surface area (Å²) in [5, 5.41) is 0. The molecule has 41 heavy (non-hydrogen) atoms. The van der Waals surface area contributed by atoms with Gasteiger partial charge in [0, 0.05) is 53.5 Å². The average Bonchev–Trinajstić information content (AvgIpc) is 3.50. The van der Waals surface area contributed by atoms with Crippen LogP contribution in [0.2, 0.25) is 0 Å². The van der Waals surface area contributed by atoms with E-state index in [-0.39, 0.29) is 13.2 Å². The van der Waals surface area contributed by atoms with Crippen molar-refractivity contribution in [3.63, 3.8) is 0 Å². The van der Waals surface area contributed by atoms with Gasteiger partial charge < -0.3 is 14.4 Å². The van der Waals surface area contributed by atoms with Crippen LogP contribution in [0.5, 0.6) is 11.5 Å². The molecule has 0 unspecified atom stereocenters. The first-order valence-corrected chi connectivity index (χ1v) is 12.7. The first kappa shape index (κ1) is 26.9. The summed E-state index contributed by atoms with van der Waals surface area (Å²) in [5.74, 6) is -1.27. The fourth-order valence-corrected chi connectivity index (χ4v) is 4.48. The van der Waals surface area contributed by atoms with Crippen molar-refractivity contribution in [2.45, 2.75) is 0 Å². The van der Waals surface area contributed by atoms with Gasteiger partial charge >= 0.3 is 0 Å². The largest absolute Gasteiger partial charge is 0.487 e. The van der Waals surface area contributed by atoms with Gasteiger partial charge in [0.05, 0.1) is 11.4 Å². The zero-order valence-corrected chi connectivity index (χ0v) is 21.9. The Morgan fingerprint density at radius 1 is 0.585 bits per heavy atom. The summed E-state index contributed by atoms with van der Waals surface area (Å²) >= 11 is 0. The minimum Gasteiger partial charge on any atom is -0.487 e. The van der Waals surface area contributed by atoms with Crippen LogP contribution in [0, 0.1) is 0 Å². The lowest BCUT2D eigenvalue weighted by atomic mass is 10.1. The van der Waals surface area contributed by atoms with Gasteiger partial charge in [-0.15, -0.1) is 0 Å². The number of rotatable bonds is 11. The molecule has 0 aromatic heterocycles. The standard InChI is InChI=1S/C32H25N3O6/c1-3-18-40-27-20-23(10-12-25(27)34-29(36)14-15-30(34)37)33(22-8-6-5-7-9-22)24-11-13-26(28(21-24)41-19-4-2)35-31(38)16-17-32(35)39/h3-17,20-21H,1-2,18-19H2. The summed E-state index contributed by atoms with van der Waals surface area (Å²) in [6.07, 6.45) is 7.97. The Bertz CT molecular complexity index is 1490. The number of benzene rings is 3. The summed E-state index contributed by atoms with van der Waals surface area (Å²) < 4.78 is 11.8. The van der Waals surface area contributed by atoms with Crippen molar-refractivity contribution in [2.24, 2.45) is 0 Å². The summed E-state index contributed by atoms with van der Waals surface area (Å²) in [7, 11) is 0. The Labute approximate surface area is 236 Å². The Morgan fingerprint density at radius 2 is 1.00 bits per heavy atom. The molecule has 0 saturated carbocycles. The van der Waals surface area contributed by atoms with E-state index in [1.807, 2.05) is 35.2 Å². The summed E-state index contributed by atoms with van der Waals surface area (Å²) in [5.41, 5.74) is 2.66. The van der Waals surface area contributed by atoms with Gasteiger partial charge in [-0.3, -0.25) is 19.2 Å². The normalized spacial score (nSPS) is 14.1. The van der Waals surface area contributed by atoms with Crippen LogP contribution < -0.4 is 24.2 Å². The molecule has 0 radical (unpaired) electrons. The van der Waals surface area contributed by atoms with Crippen LogP contribution in [0.25, 0.3) is 0 Å². The van der Waals surface area contributed by atoms with E-state index >= 15 is 0 Å². The quantitative estimate of drug-likeness (QED) is 0.242. The maximum absolute atomic E-state index is 12.4. The number of anilines is 5. The number of carbonyl (C=O) groups excluding carboxylic acids is 4. The lowest BCUT2D eigenvalue weighted by Crippen LogP contribution is -2.30. The molecule has 5 rings (SSSR count). The fraction of sp³-hybridized carbons (Fsp3) is 0.0625. The smallest absolute Gasteiger partial charge is 0.258 e. The van der Waals surface area contributed by atoms with Gasteiger partial charge in [0.15, 0.2) is 0 Å². The van der Waals surface area contributed by atoms with Crippen LogP contribution >= 0.6 is 0 Å². The molecule has 0 N–H and O–H groups in total. The van der Waals surface area contributed by atoms with Crippen LogP contribution in [-0.2, 0) is 19.2 Å². The molecular formula is C32H25N3O6. The van der Waals surface area contributed by atoms with Gasteiger partial charge in [0.25, 0.3) is 23.6 Å². The maximum Gasteiger partial charge on any atom is 0.258 e. The second kappa shape index (κ2) is 11.6. The SMILES string of the molecule is C=CCOc1cc(N(c2ccccc2)c2ccc(N3C(=O)C=CC3=O)c(OCC=C)c2)ccc1N1C(=O)C=CC1=O. The molecule has 2 heterocycles. The molecule has 9 heteroatoms. The summed E-state index contributed by atoms with van der Waals surface area (Å²) in [4.78, 5) is 53.8. The Kier molecular flexibility index (Phi) is 7.60. The van der Waals surface area contributed by atoms with E-state index < -0.39 is 23.6 Å². The van der Waals surface area contributed by atoms with E-state index in [0.29, 0.717) is 34.2 Å². The van der Waals surface area contributed by atoms with E-state index in [9.17, 15) is 19.2 Å². The molecule has 0 aliphatic carbocycles. The summed E-state index contributed by atoms with van der Waals surface area (Å²) in [6, 6.07) is 19.7. The monoisotopic (exact) mass is 547 g/mol. The summed E-state index contributed by atoms with van der Waals surface area (Å²) in [6.45, 7) is 7.69. The zero-order valence-electron chi connectivity index (χ0n) is 21.9. The van der Waals surface area contributed by atoms with E-state index in [1.54, 1.807) is 48.6 Å². The second-order valence-electron chi connectivity index (χ2n) is 8.86. The van der Waals surface area contributed by atoms with Gasteiger partial charge in [-0.25, -0.2) is 9.80 Å². The average molecular weight is 548 g/mol. The molecule has 9 nitrogen and oxygen atoms in total. The van der Waals surface area contributed by atoms with Crippen molar-refractivity contribution in [1.29, 1.82) is 0 Å². The molecular weight excluding hydrogens is 522 g/mol. The van der Waals surface area contributed by atoms with Crippen molar-refractivity contribution in [1.82, 2.24) is 0 Å². The van der Waals surface area contributed by atoms with Gasteiger partial charge in [-0.05, 0) is 36.4 Å². The van der Waals surface area contributed by atoms with Crippen LogP contribution in [0.1, 0.15) is 0 Å². The van der Waals surface area contributed by atoms with Crippen LogP contribution in [-0.4, -0.2) is 36.8 Å². The second-order valence-corrected chi connectivity index (χ2v) is 8.86. The third-order valence-corrected chi connectivity index (χ3v) is 6.23. The Balaban J connectivity index is 1.64. The lowest BCUT2D eigenvalue weighted by molar-refractivity contribution is -0.121. The number of imide groups is 2. The third-order valence-electron chi connectivity index (χ3n) is 6.23. The zero-order chi connectivity index (χ0) is 28.9. The van der Waals surface area contributed by atoms with Gasteiger partial charge in [0.2, 0.25) is 0 Å². The van der Waals surface area contributed by atoms with Crippen molar-refractivity contribution >= 4 is 52.1 Å². The predicted octanol–water partition coefficient (Wildman–Crippen LogP) is 5.14. The molecule has 0 bridgehead atoms. The fourth-order valence-electron chi connectivity index (χ4n) is 4.48. The molecule has 2 aliphatic rings. The van der Waals surface area contributed by atoms with Crippen molar-refractivity contribution in [2.75, 3.05) is 27.9 Å². The number of hydrogen-bond acceptors (Lipinski definition) is 7. The molecule has 0 atom stereocenters. The Morgan fingerprint density at radius 3 is 1.39 bits per heavy atom. The molecule has 0 saturated heterocycles. The first-order valence-electron chi connectivity index (χ1n) is 12.7. The number of para-hydroxylation sites is 1.